The maximum absolute atomic E-state index is 13.4. The third-order valence-corrected chi connectivity index (χ3v) is 4.95. The van der Waals surface area contributed by atoms with Crippen molar-refractivity contribution < 1.29 is 4.79 Å². The molecule has 4 aromatic rings. The minimum absolute atomic E-state index is 0.0473. The molecule has 0 atom stereocenters. The number of halogens is 1. The molecule has 4 heteroatoms. The normalized spacial score (nSPS) is 11.3. The molecule has 0 spiro atoms. The first-order valence-corrected chi connectivity index (χ1v) is 9.30. The van der Waals surface area contributed by atoms with E-state index in [1.165, 1.54) is 5.56 Å². The van der Waals surface area contributed by atoms with Crippen LogP contribution < -0.4 is 0 Å². The number of ketones is 1. The zero-order chi connectivity index (χ0) is 19.0. The quantitative estimate of drug-likeness (QED) is 0.410. The van der Waals surface area contributed by atoms with Gasteiger partial charge in [-0.05, 0) is 35.7 Å². The lowest BCUT2D eigenvalue weighted by Crippen LogP contribution is -2.07. The number of hydrogen-bond donors (Lipinski definition) is 0. The summed E-state index contributed by atoms with van der Waals surface area (Å²) in [5.41, 5.74) is 4.69. The number of fused-ring (bicyclic) bond motifs is 1. The zero-order valence-electron chi connectivity index (χ0n) is 15.2. The molecule has 0 saturated carbocycles. The molecule has 0 aliphatic heterocycles. The van der Waals surface area contributed by atoms with Gasteiger partial charge in [0, 0.05) is 22.3 Å². The minimum atomic E-state index is -0.0473. The average Bonchev–Trinajstić information content (AvgIpc) is 3.07. The highest BCUT2D eigenvalue weighted by atomic mass is 35.5. The molecule has 4 rings (SSSR count). The second-order valence-electron chi connectivity index (χ2n) is 6.85. The predicted octanol–water partition coefficient (Wildman–Crippen LogP) is 6.01. The maximum Gasteiger partial charge on any atom is 0.212 e. The van der Waals surface area contributed by atoms with E-state index in [1.807, 2.05) is 77.3 Å². The van der Waals surface area contributed by atoms with E-state index in [2.05, 4.69) is 13.8 Å². The van der Waals surface area contributed by atoms with E-state index < -0.39 is 0 Å². The fourth-order valence-corrected chi connectivity index (χ4v) is 3.30. The summed E-state index contributed by atoms with van der Waals surface area (Å²) in [5, 5.41) is 0.652. The second-order valence-corrected chi connectivity index (χ2v) is 7.29. The highest BCUT2D eigenvalue weighted by Gasteiger charge is 2.21. The summed E-state index contributed by atoms with van der Waals surface area (Å²) in [4.78, 5) is 18.1. The van der Waals surface area contributed by atoms with Crippen molar-refractivity contribution in [1.29, 1.82) is 0 Å². The van der Waals surface area contributed by atoms with E-state index in [0.717, 1.165) is 11.2 Å². The third-order valence-electron chi connectivity index (χ3n) is 4.70. The lowest BCUT2D eigenvalue weighted by atomic mass is 9.98. The third kappa shape index (κ3) is 3.26. The van der Waals surface area contributed by atoms with Gasteiger partial charge in [0.1, 0.15) is 17.0 Å². The summed E-state index contributed by atoms with van der Waals surface area (Å²) in [6.07, 6.45) is 1.87. The molecule has 0 amide bonds. The van der Waals surface area contributed by atoms with Crippen molar-refractivity contribution in [2.24, 2.45) is 0 Å². The van der Waals surface area contributed by atoms with Gasteiger partial charge in [-0.25, -0.2) is 4.98 Å². The first-order valence-electron chi connectivity index (χ1n) is 8.92. The molecule has 3 nitrogen and oxygen atoms in total. The van der Waals surface area contributed by atoms with E-state index in [-0.39, 0.29) is 5.78 Å². The number of imidazole rings is 1. The van der Waals surface area contributed by atoms with Crippen molar-refractivity contribution in [2.75, 3.05) is 0 Å². The molecule has 0 fully saturated rings. The Morgan fingerprint density at radius 3 is 2.33 bits per heavy atom. The molecule has 2 aromatic heterocycles. The van der Waals surface area contributed by atoms with E-state index in [9.17, 15) is 4.79 Å². The Bertz CT molecular complexity index is 1110. The van der Waals surface area contributed by atoms with Crippen LogP contribution in [0.25, 0.3) is 16.9 Å². The molecule has 0 radical (unpaired) electrons. The van der Waals surface area contributed by atoms with Crippen molar-refractivity contribution in [3.8, 4) is 11.3 Å². The molecule has 0 aliphatic rings. The highest BCUT2D eigenvalue weighted by Crippen LogP contribution is 2.28. The van der Waals surface area contributed by atoms with Gasteiger partial charge in [-0.15, -0.1) is 0 Å². The Morgan fingerprint density at radius 1 is 0.963 bits per heavy atom. The van der Waals surface area contributed by atoms with Crippen LogP contribution in [-0.2, 0) is 0 Å². The summed E-state index contributed by atoms with van der Waals surface area (Å²) in [5.74, 6) is 0.378. The first kappa shape index (κ1) is 17.5. The highest BCUT2D eigenvalue weighted by molar-refractivity contribution is 6.30. The van der Waals surface area contributed by atoms with Crippen molar-refractivity contribution in [3.05, 3.63) is 94.8 Å². The fraction of sp³-hybridized carbons (Fsp3) is 0.130. The van der Waals surface area contributed by atoms with Gasteiger partial charge in [-0.3, -0.25) is 9.20 Å². The van der Waals surface area contributed by atoms with Crippen LogP contribution in [0.2, 0.25) is 5.02 Å². The van der Waals surface area contributed by atoms with E-state index >= 15 is 0 Å². The predicted molar refractivity (Wildman–Crippen MR) is 110 cm³/mol. The first-order chi connectivity index (χ1) is 13.0. The number of carbonyl (C=O) groups is 1. The molecular formula is C23H19ClN2O. The molecular weight excluding hydrogens is 356 g/mol. The maximum atomic E-state index is 13.4. The van der Waals surface area contributed by atoms with Crippen molar-refractivity contribution in [3.63, 3.8) is 0 Å². The lowest BCUT2D eigenvalue weighted by Gasteiger charge is -2.08. The van der Waals surface area contributed by atoms with E-state index in [4.69, 9.17) is 16.6 Å². The van der Waals surface area contributed by atoms with E-state index in [1.54, 1.807) is 0 Å². The van der Waals surface area contributed by atoms with Crippen LogP contribution >= 0.6 is 11.6 Å². The minimum Gasteiger partial charge on any atom is -0.296 e. The zero-order valence-corrected chi connectivity index (χ0v) is 15.9. The standard InChI is InChI=1S/C23H19ClN2O/c1-15(2)16-6-8-18(9-7-16)23(27)22-21(17-10-12-19(24)13-11-17)25-20-5-3-4-14-26(20)22/h3-15H,1-2H3. The Kier molecular flexibility index (Phi) is 4.54. The Balaban J connectivity index is 1.87. The van der Waals surface area contributed by atoms with Crippen LogP contribution in [0.1, 0.15) is 41.4 Å². The molecule has 0 bridgehead atoms. The summed E-state index contributed by atoms with van der Waals surface area (Å²) < 4.78 is 1.85. The van der Waals surface area contributed by atoms with Gasteiger partial charge in [-0.2, -0.15) is 0 Å². The monoisotopic (exact) mass is 374 g/mol. The van der Waals surface area contributed by atoms with Crippen LogP contribution in [0.4, 0.5) is 0 Å². The van der Waals surface area contributed by atoms with Gasteiger partial charge in [0.25, 0.3) is 0 Å². The summed E-state index contributed by atoms with van der Waals surface area (Å²) in [7, 11) is 0. The lowest BCUT2D eigenvalue weighted by molar-refractivity contribution is 0.103. The SMILES string of the molecule is CC(C)c1ccc(C(=O)c2c(-c3ccc(Cl)cc3)nc3ccccn23)cc1. The number of rotatable bonds is 4. The van der Waals surface area contributed by atoms with Crippen LogP contribution in [0.5, 0.6) is 0 Å². The van der Waals surface area contributed by atoms with Crippen molar-refractivity contribution in [1.82, 2.24) is 9.38 Å². The molecule has 27 heavy (non-hydrogen) atoms. The molecule has 2 aromatic carbocycles. The van der Waals surface area contributed by atoms with Gasteiger partial charge in [0.2, 0.25) is 5.78 Å². The number of aromatic nitrogens is 2. The van der Waals surface area contributed by atoms with Crippen LogP contribution in [-0.4, -0.2) is 15.2 Å². The van der Waals surface area contributed by atoms with Gasteiger partial charge in [0.05, 0.1) is 0 Å². The van der Waals surface area contributed by atoms with E-state index in [0.29, 0.717) is 27.9 Å². The molecule has 0 aliphatic carbocycles. The summed E-state index contributed by atoms with van der Waals surface area (Å²) >= 11 is 6.02. The number of nitrogens with zero attached hydrogens (tertiary/aromatic N) is 2. The number of hydrogen-bond acceptors (Lipinski definition) is 2. The van der Waals surface area contributed by atoms with Gasteiger partial charge >= 0.3 is 0 Å². The summed E-state index contributed by atoms with van der Waals surface area (Å²) in [6.45, 7) is 4.28. The molecule has 0 saturated heterocycles. The van der Waals surface area contributed by atoms with Gasteiger partial charge in [-0.1, -0.05) is 67.9 Å². The Labute approximate surface area is 163 Å². The smallest absolute Gasteiger partial charge is 0.212 e. The Hall–Kier alpha value is -2.91. The number of carbonyl (C=O) groups excluding carboxylic acids is 1. The van der Waals surface area contributed by atoms with Crippen molar-refractivity contribution >= 4 is 23.0 Å². The van der Waals surface area contributed by atoms with Gasteiger partial charge < -0.3 is 0 Å². The number of benzene rings is 2. The number of pyridine rings is 1. The van der Waals surface area contributed by atoms with Crippen LogP contribution in [0.15, 0.2) is 72.9 Å². The second kappa shape index (κ2) is 7.01. The van der Waals surface area contributed by atoms with Crippen LogP contribution in [0, 0.1) is 0 Å². The molecule has 2 heterocycles. The molecule has 0 unspecified atom stereocenters. The summed E-state index contributed by atoms with van der Waals surface area (Å²) in [6, 6.07) is 20.9. The Morgan fingerprint density at radius 2 is 1.67 bits per heavy atom. The largest absolute Gasteiger partial charge is 0.296 e. The topological polar surface area (TPSA) is 34.4 Å². The molecule has 0 N–H and O–H groups in total. The van der Waals surface area contributed by atoms with Gasteiger partial charge in [0.15, 0.2) is 0 Å². The van der Waals surface area contributed by atoms with Crippen LogP contribution in [0.3, 0.4) is 0 Å². The molecule has 134 valence electrons. The van der Waals surface area contributed by atoms with Crippen molar-refractivity contribution in [2.45, 2.75) is 19.8 Å². The fourth-order valence-electron chi connectivity index (χ4n) is 3.18. The average molecular weight is 375 g/mol.